The molecule has 0 aliphatic carbocycles. The molecule has 1 aliphatic rings. The maximum absolute atomic E-state index is 13.3. The van der Waals surface area contributed by atoms with Crippen LogP contribution in [0.5, 0.6) is 0 Å². The van der Waals surface area contributed by atoms with Gasteiger partial charge in [-0.3, -0.25) is 4.79 Å². The third-order valence-corrected chi connectivity index (χ3v) is 7.29. The van der Waals surface area contributed by atoms with Crippen molar-refractivity contribution in [3.05, 3.63) is 65.2 Å². The highest BCUT2D eigenvalue weighted by molar-refractivity contribution is 7.89. The number of nitrogens with zero attached hydrogens (tertiary/aromatic N) is 1. The number of hydrogen-bond donors (Lipinski definition) is 1. The maximum Gasteiger partial charge on any atom is 0.244 e. The Morgan fingerprint density at radius 3 is 2.37 bits per heavy atom. The quantitative estimate of drug-likeness (QED) is 0.859. The van der Waals surface area contributed by atoms with Gasteiger partial charge >= 0.3 is 0 Å². The molecule has 1 N–H and O–H groups in total. The Kier molecular flexibility index (Phi) is 5.67. The molecule has 0 aromatic heterocycles. The zero-order valence-corrected chi connectivity index (χ0v) is 16.8. The smallest absolute Gasteiger partial charge is 0.244 e. The number of fused-ring (bicyclic) bond motifs is 1. The summed E-state index contributed by atoms with van der Waals surface area (Å²) < 4.78 is 28.0. The van der Waals surface area contributed by atoms with E-state index in [0.717, 1.165) is 23.1 Å². The first-order chi connectivity index (χ1) is 12.9. The summed E-state index contributed by atoms with van der Waals surface area (Å²) in [6.07, 6.45) is 1.37. The van der Waals surface area contributed by atoms with Crippen molar-refractivity contribution in [2.24, 2.45) is 0 Å². The van der Waals surface area contributed by atoms with E-state index >= 15 is 0 Å². The normalized spacial score (nSPS) is 18.6. The molecule has 1 aliphatic heterocycles. The predicted octanol–water partition coefficient (Wildman–Crippen LogP) is 3.06. The van der Waals surface area contributed by atoms with Gasteiger partial charge in [-0.05, 0) is 47.6 Å². The fourth-order valence-electron chi connectivity index (χ4n) is 3.48. The number of nitrogens with one attached hydrogen (secondary N) is 1. The molecule has 0 radical (unpaired) electrons. The molecule has 2 aromatic carbocycles. The molecule has 2 aromatic rings. The van der Waals surface area contributed by atoms with Gasteiger partial charge < -0.3 is 5.32 Å². The number of hydrogen-bond acceptors (Lipinski definition) is 3. The number of rotatable bonds is 5. The Labute approximate surface area is 161 Å². The van der Waals surface area contributed by atoms with Gasteiger partial charge in [0.15, 0.2) is 0 Å². The maximum atomic E-state index is 13.3. The van der Waals surface area contributed by atoms with Crippen molar-refractivity contribution in [1.29, 1.82) is 0 Å². The molecule has 5 nitrogen and oxygen atoms in total. The van der Waals surface area contributed by atoms with E-state index in [1.54, 1.807) is 12.1 Å². The fraction of sp³-hybridized carbons (Fsp3) is 0.381. The lowest BCUT2D eigenvalue weighted by atomic mass is 9.95. The van der Waals surface area contributed by atoms with E-state index in [9.17, 15) is 13.2 Å². The summed E-state index contributed by atoms with van der Waals surface area (Å²) in [6.45, 7) is 4.42. The summed E-state index contributed by atoms with van der Waals surface area (Å²) in [5.41, 5.74) is 3.07. The minimum Gasteiger partial charge on any atom is -0.358 e. The lowest BCUT2D eigenvalue weighted by Crippen LogP contribution is -2.51. The Balaban J connectivity index is 1.99. The van der Waals surface area contributed by atoms with Crippen molar-refractivity contribution in [2.75, 3.05) is 7.05 Å². The van der Waals surface area contributed by atoms with Crippen molar-refractivity contribution in [3.63, 3.8) is 0 Å². The molecular formula is C21H26N2O3S. The van der Waals surface area contributed by atoms with Crippen LogP contribution in [0.3, 0.4) is 0 Å². The van der Waals surface area contributed by atoms with Crippen LogP contribution < -0.4 is 5.32 Å². The van der Waals surface area contributed by atoms with Gasteiger partial charge in [-0.1, -0.05) is 50.2 Å². The van der Waals surface area contributed by atoms with Crippen LogP contribution in [0, 0.1) is 0 Å². The van der Waals surface area contributed by atoms with E-state index in [2.05, 4.69) is 19.2 Å². The van der Waals surface area contributed by atoms with Crippen LogP contribution in [0.15, 0.2) is 53.4 Å². The number of likely N-dealkylation sites (N-methyl/N-ethyl adjacent to an activating group) is 1. The molecule has 1 amide bonds. The van der Waals surface area contributed by atoms with Crippen molar-refractivity contribution >= 4 is 15.9 Å². The zero-order valence-electron chi connectivity index (χ0n) is 16.0. The Morgan fingerprint density at radius 2 is 1.78 bits per heavy atom. The molecule has 3 rings (SSSR count). The average Bonchev–Trinajstić information content (AvgIpc) is 2.71. The van der Waals surface area contributed by atoms with Crippen LogP contribution in [-0.4, -0.2) is 31.7 Å². The summed E-state index contributed by atoms with van der Waals surface area (Å²) in [7, 11) is -2.25. The number of carbonyl (C=O) groups is 1. The van der Waals surface area contributed by atoms with Gasteiger partial charge in [-0.25, -0.2) is 8.42 Å². The van der Waals surface area contributed by atoms with Crippen molar-refractivity contribution < 1.29 is 13.2 Å². The molecule has 0 bridgehead atoms. The van der Waals surface area contributed by atoms with Crippen LogP contribution in [-0.2, 0) is 27.8 Å². The molecule has 27 heavy (non-hydrogen) atoms. The summed E-state index contributed by atoms with van der Waals surface area (Å²) >= 11 is 0. The summed E-state index contributed by atoms with van der Waals surface area (Å²) in [4.78, 5) is 12.7. The number of benzene rings is 2. The lowest BCUT2D eigenvalue weighted by molar-refractivity contribution is -0.124. The molecule has 0 saturated carbocycles. The highest BCUT2D eigenvalue weighted by Crippen LogP contribution is 2.30. The first-order valence-electron chi connectivity index (χ1n) is 9.28. The van der Waals surface area contributed by atoms with Crippen molar-refractivity contribution in [2.45, 2.75) is 50.1 Å². The van der Waals surface area contributed by atoms with Crippen LogP contribution >= 0.6 is 0 Å². The second-order valence-electron chi connectivity index (χ2n) is 7.03. The van der Waals surface area contributed by atoms with Gasteiger partial charge in [-0.2, -0.15) is 4.31 Å². The van der Waals surface area contributed by atoms with Crippen molar-refractivity contribution in [1.82, 2.24) is 9.62 Å². The third kappa shape index (κ3) is 3.77. The standard InChI is InChI=1S/C21H26N2O3S/c1-4-15(2)16-9-11-19(12-10-16)27(25,26)23-14-18-8-6-5-7-17(18)13-20(23)21(24)22-3/h5-12,15,20H,4,13-14H2,1-3H3,(H,22,24)/t15-,20-/m1/s1. The number of carbonyl (C=O) groups excluding carboxylic acids is 1. The molecule has 0 fully saturated rings. The molecule has 144 valence electrons. The molecule has 2 atom stereocenters. The topological polar surface area (TPSA) is 66.5 Å². The first-order valence-corrected chi connectivity index (χ1v) is 10.7. The van der Waals surface area contributed by atoms with E-state index in [1.807, 2.05) is 36.4 Å². The van der Waals surface area contributed by atoms with E-state index < -0.39 is 16.1 Å². The number of amides is 1. The van der Waals surface area contributed by atoms with Gasteiger partial charge in [0.25, 0.3) is 0 Å². The monoisotopic (exact) mass is 386 g/mol. The Morgan fingerprint density at radius 1 is 1.15 bits per heavy atom. The Bertz CT molecular complexity index is 923. The van der Waals surface area contributed by atoms with Crippen LogP contribution in [0.25, 0.3) is 0 Å². The van der Waals surface area contributed by atoms with Gasteiger partial charge in [0, 0.05) is 13.6 Å². The molecule has 6 heteroatoms. The van der Waals surface area contributed by atoms with Gasteiger partial charge in [0.05, 0.1) is 4.90 Å². The summed E-state index contributed by atoms with van der Waals surface area (Å²) in [6, 6.07) is 14.0. The second-order valence-corrected chi connectivity index (χ2v) is 8.92. The Hall–Kier alpha value is -2.18. The minimum atomic E-state index is -3.79. The molecular weight excluding hydrogens is 360 g/mol. The van der Waals surface area contributed by atoms with Crippen LogP contribution in [0.1, 0.15) is 42.9 Å². The van der Waals surface area contributed by atoms with E-state index in [-0.39, 0.29) is 17.3 Å². The van der Waals surface area contributed by atoms with Gasteiger partial charge in [0.1, 0.15) is 6.04 Å². The highest BCUT2D eigenvalue weighted by atomic mass is 32.2. The molecule has 0 saturated heterocycles. The van der Waals surface area contributed by atoms with Crippen LogP contribution in [0.4, 0.5) is 0 Å². The predicted molar refractivity (Wildman–Crippen MR) is 106 cm³/mol. The average molecular weight is 387 g/mol. The lowest BCUT2D eigenvalue weighted by Gasteiger charge is -2.34. The largest absolute Gasteiger partial charge is 0.358 e. The minimum absolute atomic E-state index is 0.198. The second kappa shape index (κ2) is 7.82. The fourth-order valence-corrected chi connectivity index (χ4v) is 5.05. The van der Waals surface area contributed by atoms with E-state index in [1.165, 1.54) is 11.4 Å². The van der Waals surface area contributed by atoms with Crippen molar-refractivity contribution in [3.8, 4) is 0 Å². The van der Waals surface area contributed by atoms with E-state index in [4.69, 9.17) is 0 Å². The molecule has 1 heterocycles. The highest BCUT2D eigenvalue weighted by Gasteiger charge is 2.39. The SMILES string of the molecule is CC[C@@H](C)c1ccc(S(=O)(=O)N2Cc3ccccc3C[C@@H]2C(=O)NC)cc1. The zero-order chi connectivity index (χ0) is 19.6. The van der Waals surface area contributed by atoms with Crippen LogP contribution in [0.2, 0.25) is 0 Å². The molecule has 0 unspecified atom stereocenters. The van der Waals surface area contributed by atoms with Gasteiger partial charge in [0.2, 0.25) is 15.9 Å². The number of sulfonamides is 1. The molecule has 0 spiro atoms. The summed E-state index contributed by atoms with van der Waals surface area (Å²) in [5, 5.41) is 2.61. The van der Waals surface area contributed by atoms with E-state index in [0.29, 0.717) is 12.3 Å². The van der Waals surface area contributed by atoms with Gasteiger partial charge in [-0.15, -0.1) is 0 Å². The third-order valence-electron chi connectivity index (χ3n) is 5.42. The summed E-state index contributed by atoms with van der Waals surface area (Å²) in [5.74, 6) is 0.0894. The first kappa shape index (κ1) is 19.6.